The minimum Gasteiger partial charge on any atom is -0.331 e. The Kier molecular flexibility index (Phi) is 5.15. The van der Waals surface area contributed by atoms with E-state index in [1.54, 1.807) is 0 Å². The van der Waals surface area contributed by atoms with Crippen molar-refractivity contribution in [2.75, 3.05) is 0 Å². The van der Waals surface area contributed by atoms with Crippen molar-refractivity contribution >= 4 is 7.28 Å². The van der Waals surface area contributed by atoms with Gasteiger partial charge in [0.05, 0.1) is 0 Å². The number of hydrogen-bond acceptors (Lipinski definition) is 0. The van der Waals surface area contributed by atoms with E-state index < -0.39 is 0 Å². The van der Waals surface area contributed by atoms with Gasteiger partial charge < -0.3 is 7.28 Å². The molecule has 108 valence electrons. The Labute approximate surface area is 129 Å². The van der Waals surface area contributed by atoms with Gasteiger partial charge in [0.25, 0.3) is 0 Å². The van der Waals surface area contributed by atoms with Crippen molar-refractivity contribution in [1.29, 1.82) is 0 Å². The van der Waals surface area contributed by atoms with Gasteiger partial charge in [-0.3, -0.25) is 0 Å². The van der Waals surface area contributed by atoms with E-state index in [-0.39, 0.29) is 0 Å². The molecule has 3 rings (SSSR count). The SMILES string of the molecule is [B-](CC(c1ccccc1)c1ccccc1)C1CCCCC1. The summed E-state index contributed by atoms with van der Waals surface area (Å²) in [7, 11) is 2.60. The minimum atomic E-state index is 0.509. The summed E-state index contributed by atoms with van der Waals surface area (Å²) in [5.74, 6) is 1.35. The van der Waals surface area contributed by atoms with Gasteiger partial charge in [0.2, 0.25) is 0 Å². The second-order valence-corrected chi connectivity index (χ2v) is 6.24. The molecule has 0 N–H and O–H groups in total. The molecule has 2 aromatic rings. The summed E-state index contributed by atoms with van der Waals surface area (Å²) in [6.07, 6.45) is 8.24. The molecule has 0 amide bonds. The maximum Gasteiger partial charge on any atom is -0.0276 e. The van der Waals surface area contributed by atoms with Gasteiger partial charge >= 0.3 is 0 Å². The van der Waals surface area contributed by atoms with E-state index in [0.717, 1.165) is 5.82 Å². The van der Waals surface area contributed by atoms with Crippen LogP contribution >= 0.6 is 0 Å². The first kappa shape index (κ1) is 14.4. The highest BCUT2D eigenvalue weighted by molar-refractivity contribution is 6.38. The lowest BCUT2D eigenvalue weighted by Gasteiger charge is -2.35. The molecule has 1 fully saturated rings. The maximum atomic E-state index is 2.60. The van der Waals surface area contributed by atoms with Gasteiger partial charge in [-0.1, -0.05) is 92.8 Å². The molecule has 0 aromatic heterocycles. The molecule has 1 aliphatic carbocycles. The molecule has 2 radical (unpaired) electrons. The molecule has 1 saturated carbocycles. The van der Waals surface area contributed by atoms with Crippen LogP contribution in [0.5, 0.6) is 0 Å². The lowest BCUT2D eigenvalue weighted by molar-refractivity contribution is 0.499. The van der Waals surface area contributed by atoms with Crippen molar-refractivity contribution < 1.29 is 0 Å². The predicted octanol–water partition coefficient (Wildman–Crippen LogP) is 5.69. The molecular weight excluding hydrogens is 251 g/mol. The molecule has 0 bridgehead atoms. The largest absolute Gasteiger partial charge is 0.331 e. The second-order valence-electron chi connectivity index (χ2n) is 6.24. The standard InChI is InChI=1S/C20H24B/c1-4-10-17(11-5-1)20(18-12-6-2-7-13-18)16-21-19-14-8-3-9-15-19/h1-2,4-7,10-13,19-20H,3,8-9,14-16H2/q-1. The van der Waals surface area contributed by atoms with Gasteiger partial charge in [0, 0.05) is 0 Å². The van der Waals surface area contributed by atoms with Crippen LogP contribution in [-0.4, -0.2) is 7.28 Å². The fraction of sp³-hybridized carbons (Fsp3) is 0.400. The Morgan fingerprint density at radius 3 is 1.81 bits per heavy atom. The number of hydrogen-bond donors (Lipinski definition) is 0. The molecule has 2 aromatic carbocycles. The van der Waals surface area contributed by atoms with Crippen LogP contribution in [-0.2, 0) is 0 Å². The Bertz CT molecular complexity index is 475. The first-order valence-electron chi connectivity index (χ1n) is 8.37. The van der Waals surface area contributed by atoms with E-state index >= 15 is 0 Å². The average Bonchev–Trinajstić information content (AvgIpc) is 2.58. The Balaban J connectivity index is 1.73. The molecular formula is C20H24B-. The Morgan fingerprint density at radius 1 is 0.762 bits per heavy atom. The van der Waals surface area contributed by atoms with Crippen LogP contribution in [0.25, 0.3) is 0 Å². The Morgan fingerprint density at radius 2 is 1.29 bits per heavy atom. The third-order valence-electron chi connectivity index (χ3n) is 4.76. The fourth-order valence-corrected chi connectivity index (χ4v) is 3.53. The van der Waals surface area contributed by atoms with Crippen molar-refractivity contribution in [3.63, 3.8) is 0 Å². The van der Waals surface area contributed by atoms with Crippen molar-refractivity contribution in [2.45, 2.75) is 50.2 Å². The van der Waals surface area contributed by atoms with Crippen molar-refractivity contribution in [3.8, 4) is 0 Å². The molecule has 1 heteroatoms. The zero-order valence-corrected chi connectivity index (χ0v) is 12.7. The summed E-state index contributed by atoms with van der Waals surface area (Å²) < 4.78 is 0. The molecule has 1 aliphatic rings. The minimum absolute atomic E-state index is 0.509. The fourth-order valence-electron chi connectivity index (χ4n) is 3.53. The summed E-state index contributed by atoms with van der Waals surface area (Å²) in [4.78, 5) is 0. The molecule has 0 heterocycles. The quantitative estimate of drug-likeness (QED) is 0.614. The summed E-state index contributed by atoms with van der Waals surface area (Å²) in [5, 5.41) is 0. The van der Waals surface area contributed by atoms with Gasteiger partial charge in [-0.25, -0.2) is 12.1 Å². The summed E-state index contributed by atoms with van der Waals surface area (Å²) in [5.41, 5.74) is 2.88. The van der Waals surface area contributed by atoms with Crippen molar-refractivity contribution in [1.82, 2.24) is 0 Å². The van der Waals surface area contributed by atoms with Crippen molar-refractivity contribution in [3.05, 3.63) is 71.8 Å². The highest BCUT2D eigenvalue weighted by Crippen LogP contribution is 2.33. The topological polar surface area (TPSA) is 0 Å². The summed E-state index contributed by atoms with van der Waals surface area (Å²) >= 11 is 0. The third kappa shape index (κ3) is 4.00. The molecule has 0 aliphatic heterocycles. The summed E-state index contributed by atoms with van der Waals surface area (Å²) in [6.45, 7) is 0. The van der Waals surface area contributed by atoms with E-state index in [1.165, 1.54) is 49.6 Å². The molecule has 0 spiro atoms. The monoisotopic (exact) mass is 275 g/mol. The lowest BCUT2D eigenvalue weighted by atomic mass is 9.54. The Hall–Kier alpha value is -1.50. The van der Waals surface area contributed by atoms with Crippen LogP contribution in [0.15, 0.2) is 60.7 Å². The van der Waals surface area contributed by atoms with Gasteiger partial charge in [-0.05, 0) is 17.0 Å². The van der Waals surface area contributed by atoms with E-state index in [0.29, 0.717) is 5.92 Å². The highest BCUT2D eigenvalue weighted by Gasteiger charge is 2.11. The first-order chi connectivity index (χ1) is 10.4. The predicted molar refractivity (Wildman–Crippen MR) is 92.1 cm³/mol. The van der Waals surface area contributed by atoms with Crippen LogP contribution in [0.4, 0.5) is 0 Å². The van der Waals surface area contributed by atoms with Crippen LogP contribution in [0.2, 0.25) is 12.1 Å². The highest BCUT2D eigenvalue weighted by atomic mass is 14.2. The van der Waals surface area contributed by atoms with E-state index in [1.807, 2.05) is 0 Å². The van der Waals surface area contributed by atoms with Crippen molar-refractivity contribution in [2.24, 2.45) is 0 Å². The number of benzene rings is 2. The lowest BCUT2D eigenvalue weighted by Crippen LogP contribution is -2.12. The molecule has 0 nitrogen and oxygen atoms in total. The van der Waals surface area contributed by atoms with Gasteiger partial charge in [-0.2, -0.15) is 0 Å². The van der Waals surface area contributed by atoms with E-state index in [4.69, 9.17) is 0 Å². The zero-order valence-electron chi connectivity index (χ0n) is 12.7. The van der Waals surface area contributed by atoms with Crippen LogP contribution in [0.3, 0.4) is 0 Å². The molecule has 0 atom stereocenters. The number of rotatable bonds is 5. The first-order valence-corrected chi connectivity index (χ1v) is 8.37. The molecule has 21 heavy (non-hydrogen) atoms. The van der Waals surface area contributed by atoms with E-state index in [2.05, 4.69) is 67.9 Å². The third-order valence-corrected chi connectivity index (χ3v) is 4.76. The van der Waals surface area contributed by atoms with Crippen LogP contribution < -0.4 is 0 Å². The van der Waals surface area contributed by atoms with Crippen LogP contribution in [0, 0.1) is 0 Å². The smallest absolute Gasteiger partial charge is 0.0276 e. The van der Waals surface area contributed by atoms with E-state index in [9.17, 15) is 0 Å². The van der Waals surface area contributed by atoms with Crippen LogP contribution in [0.1, 0.15) is 49.1 Å². The second kappa shape index (κ2) is 7.50. The molecule has 0 unspecified atom stereocenters. The maximum absolute atomic E-state index is 2.60. The van der Waals surface area contributed by atoms with Gasteiger partial charge in [0.1, 0.15) is 0 Å². The normalized spacial score (nSPS) is 16.2. The van der Waals surface area contributed by atoms with Gasteiger partial charge in [-0.15, -0.1) is 0 Å². The molecule has 0 saturated heterocycles. The van der Waals surface area contributed by atoms with Gasteiger partial charge in [0.15, 0.2) is 0 Å². The average molecular weight is 275 g/mol. The summed E-state index contributed by atoms with van der Waals surface area (Å²) in [6, 6.07) is 21.9. The zero-order chi connectivity index (χ0) is 14.3.